The summed E-state index contributed by atoms with van der Waals surface area (Å²) in [6.07, 6.45) is 5.87. The van der Waals surface area contributed by atoms with E-state index in [0.29, 0.717) is 23.4 Å². The number of likely N-dealkylation sites (tertiary alicyclic amines) is 2. The Bertz CT molecular complexity index is 795. The minimum atomic E-state index is -0.316. The third-order valence-electron chi connectivity index (χ3n) is 7.11. The molecule has 0 saturated carbocycles. The highest BCUT2D eigenvalue weighted by molar-refractivity contribution is 7.80. The Balaban J connectivity index is 1.23. The molecule has 0 atom stereocenters. The lowest BCUT2D eigenvalue weighted by Gasteiger charge is -2.39. The number of methoxy groups -OCH3 is 1. The number of ether oxygens (including phenoxy) is 1. The van der Waals surface area contributed by atoms with E-state index in [1.807, 2.05) is 0 Å². The van der Waals surface area contributed by atoms with Crippen molar-refractivity contribution in [3.05, 3.63) is 35.4 Å². The van der Waals surface area contributed by atoms with Gasteiger partial charge in [-0.05, 0) is 66.8 Å². The summed E-state index contributed by atoms with van der Waals surface area (Å²) in [6, 6.07) is 8.57. The van der Waals surface area contributed by atoms with Crippen molar-refractivity contribution in [3.63, 3.8) is 0 Å². The Labute approximate surface area is 183 Å². The maximum atomic E-state index is 12.9. The standard InChI is InChI=1S/C23H31N3O3S/c1-29-21(28)15-24-22(30)26-11-8-23(16-26)6-9-25(10-7-23)20(27)14-17-12-18-4-2-3-5-19(18)13-17/h2-5,17H,6-16H2,1H3,(H,24,30). The van der Waals surface area contributed by atoms with E-state index in [2.05, 4.69) is 44.1 Å². The van der Waals surface area contributed by atoms with Crippen LogP contribution in [0.3, 0.4) is 0 Å². The number of benzene rings is 1. The third-order valence-corrected chi connectivity index (χ3v) is 7.52. The molecule has 6 nitrogen and oxygen atoms in total. The average molecular weight is 430 g/mol. The highest BCUT2D eigenvalue weighted by atomic mass is 32.1. The van der Waals surface area contributed by atoms with E-state index in [1.165, 1.54) is 18.2 Å². The molecule has 1 aromatic rings. The summed E-state index contributed by atoms with van der Waals surface area (Å²) < 4.78 is 4.66. The molecule has 0 aromatic heterocycles. The topological polar surface area (TPSA) is 61.9 Å². The van der Waals surface area contributed by atoms with Crippen LogP contribution in [0.5, 0.6) is 0 Å². The number of thiocarbonyl (C=S) groups is 1. The summed E-state index contributed by atoms with van der Waals surface area (Å²) >= 11 is 5.45. The highest BCUT2D eigenvalue weighted by Gasteiger charge is 2.42. The lowest BCUT2D eigenvalue weighted by molar-refractivity contribution is -0.139. The maximum Gasteiger partial charge on any atom is 0.325 e. The molecule has 1 N–H and O–H groups in total. The number of amides is 1. The van der Waals surface area contributed by atoms with Crippen LogP contribution in [0.2, 0.25) is 0 Å². The number of hydrogen-bond donors (Lipinski definition) is 1. The summed E-state index contributed by atoms with van der Waals surface area (Å²) in [5, 5.41) is 3.61. The van der Waals surface area contributed by atoms with Crippen LogP contribution in [0, 0.1) is 11.3 Å². The fourth-order valence-corrected chi connectivity index (χ4v) is 5.48. The predicted octanol–water partition coefficient (Wildman–Crippen LogP) is 2.15. The van der Waals surface area contributed by atoms with Crippen LogP contribution in [0.25, 0.3) is 0 Å². The van der Waals surface area contributed by atoms with Gasteiger partial charge in [-0.3, -0.25) is 9.59 Å². The molecule has 30 heavy (non-hydrogen) atoms. The molecule has 1 amide bonds. The second-order valence-electron chi connectivity index (χ2n) is 9.03. The van der Waals surface area contributed by atoms with Crippen LogP contribution < -0.4 is 5.32 Å². The first-order valence-corrected chi connectivity index (χ1v) is 11.3. The van der Waals surface area contributed by atoms with Crippen molar-refractivity contribution >= 4 is 29.2 Å². The van der Waals surface area contributed by atoms with Crippen LogP contribution in [0.1, 0.15) is 36.8 Å². The molecule has 2 heterocycles. The minimum absolute atomic E-state index is 0.103. The maximum absolute atomic E-state index is 12.9. The normalized spacial score (nSPS) is 20.3. The first-order valence-electron chi connectivity index (χ1n) is 10.9. The van der Waals surface area contributed by atoms with Gasteiger partial charge < -0.3 is 19.9 Å². The van der Waals surface area contributed by atoms with E-state index < -0.39 is 0 Å². The van der Waals surface area contributed by atoms with Crippen LogP contribution in [0.4, 0.5) is 0 Å². The summed E-state index contributed by atoms with van der Waals surface area (Å²) in [7, 11) is 1.37. The highest BCUT2D eigenvalue weighted by Crippen LogP contribution is 2.40. The third kappa shape index (κ3) is 4.61. The van der Waals surface area contributed by atoms with E-state index in [1.54, 1.807) is 0 Å². The molecule has 4 rings (SSSR count). The van der Waals surface area contributed by atoms with Crippen molar-refractivity contribution in [2.45, 2.75) is 38.5 Å². The zero-order chi connectivity index (χ0) is 21.1. The molecule has 0 bridgehead atoms. The summed E-state index contributed by atoms with van der Waals surface area (Å²) in [4.78, 5) is 28.4. The molecule has 162 valence electrons. The average Bonchev–Trinajstić information content (AvgIpc) is 3.36. The molecular formula is C23H31N3O3S. The van der Waals surface area contributed by atoms with Gasteiger partial charge in [-0.1, -0.05) is 24.3 Å². The van der Waals surface area contributed by atoms with Crippen molar-refractivity contribution < 1.29 is 14.3 Å². The summed E-state index contributed by atoms with van der Waals surface area (Å²) in [5.41, 5.74) is 3.06. The van der Waals surface area contributed by atoms with Gasteiger partial charge in [0.25, 0.3) is 0 Å². The Morgan fingerprint density at radius 3 is 2.30 bits per heavy atom. The Hall–Kier alpha value is -2.15. The van der Waals surface area contributed by atoms with Gasteiger partial charge in [0.1, 0.15) is 6.54 Å². The predicted molar refractivity (Wildman–Crippen MR) is 119 cm³/mol. The largest absolute Gasteiger partial charge is 0.468 e. The van der Waals surface area contributed by atoms with Crippen LogP contribution in [0.15, 0.2) is 24.3 Å². The lowest BCUT2D eigenvalue weighted by Crippen LogP contribution is -2.46. The minimum Gasteiger partial charge on any atom is -0.468 e. The van der Waals surface area contributed by atoms with Crippen molar-refractivity contribution in [1.82, 2.24) is 15.1 Å². The van der Waals surface area contributed by atoms with Crippen LogP contribution in [-0.2, 0) is 27.2 Å². The van der Waals surface area contributed by atoms with Gasteiger partial charge in [0.15, 0.2) is 5.11 Å². The van der Waals surface area contributed by atoms with E-state index in [0.717, 1.165) is 58.3 Å². The molecule has 2 saturated heterocycles. The molecular weight excluding hydrogens is 398 g/mol. The molecule has 1 aromatic carbocycles. The number of carbonyl (C=O) groups excluding carboxylic acids is 2. The summed E-state index contributed by atoms with van der Waals surface area (Å²) in [5.74, 6) is 0.447. The number of carbonyl (C=O) groups is 2. The van der Waals surface area contributed by atoms with Gasteiger partial charge in [0.2, 0.25) is 5.91 Å². The van der Waals surface area contributed by atoms with Crippen molar-refractivity contribution in [3.8, 4) is 0 Å². The number of esters is 1. The molecule has 0 radical (unpaired) electrons. The Kier molecular flexibility index (Phi) is 6.27. The summed E-state index contributed by atoms with van der Waals surface area (Å²) in [6.45, 7) is 3.59. The van der Waals surface area contributed by atoms with Gasteiger partial charge >= 0.3 is 5.97 Å². The SMILES string of the molecule is COC(=O)CNC(=S)N1CCC2(CCN(C(=O)CC3Cc4ccccc4C3)CC2)C1. The fourth-order valence-electron chi connectivity index (χ4n) is 5.25. The lowest BCUT2D eigenvalue weighted by atomic mass is 9.77. The van der Waals surface area contributed by atoms with Crippen LogP contribution >= 0.6 is 12.2 Å². The van der Waals surface area contributed by atoms with Gasteiger partial charge in [0, 0.05) is 32.6 Å². The van der Waals surface area contributed by atoms with Crippen molar-refractivity contribution in [2.75, 3.05) is 39.8 Å². The quantitative estimate of drug-likeness (QED) is 0.585. The second-order valence-corrected chi connectivity index (χ2v) is 9.42. The van der Waals surface area contributed by atoms with E-state index >= 15 is 0 Å². The number of fused-ring (bicyclic) bond motifs is 1. The molecule has 1 spiro atoms. The first kappa shape index (κ1) is 21.1. The number of nitrogens with one attached hydrogen (secondary N) is 1. The number of rotatable bonds is 4. The van der Waals surface area contributed by atoms with Gasteiger partial charge in [-0.15, -0.1) is 0 Å². The van der Waals surface area contributed by atoms with Crippen LogP contribution in [-0.4, -0.2) is 66.6 Å². The number of hydrogen-bond acceptors (Lipinski definition) is 4. The Morgan fingerprint density at radius 1 is 1.10 bits per heavy atom. The monoisotopic (exact) mass is 429 g/mol. The molecule has 7 heteroatoms. The molecule has 1 aliphatic carbocycles. The molecule has 0 unspecified atom stereocenters. The molecule has 3 aliphatic rings. The van der Waals surface area contributed by atoms with Gasteiger partial charge in [0.05, 0.1) is 7.11 Å². The van der Waals surface area contributed by atoms with Crippen molar-refractivity contribution in [1.29, 1.82) is 0 Å². The first-order chi connectivity index (χ1) is 14.5. The molecule has 2 aliphatic heterocycles. The zero-order valence-electron chi connectivity index (χ0n) is 17.7. The number of piperidine rings is 1. The Morgan fingerprint density at radius 2 is 1.70 bits per heavy atom. The number of nitrogens with zero attached hydrogens (tertiary/aromatic N) is 2. The second kappa shape index (κ2) is 8.92. The van der Waals surface area contributed by atoms with E-state index in [-0.39, 0.29) is 17.9 Å². The zero-order valence-corrected chi connectivity index (χ0v) is 18.5. The smallest absolute Gasteiger partial charge is 0.325 e. The van der Waals surface area contributed by atoms with E-state index in [9.17, 15) is 9.59 Å². The van der Waals surface area contributed by atoms with Crippen molar-refractivity contribution in [2.24, 2.45) is 11.3 Å². The van der Waals surface area contributed by atoms with Gasteiger partial charge in [-0.2, -0.15) is 0 Å². The molecule has 2 fully saturated rings. The van der Waals surface area contributed by atoms with Gasteiger partial charge in [-0.25, -0.2) is 0 Å². The fraction of sp³-hybridized carbons (Fsp3) is 0.609. The van der Waals surface area contributed by atoms with E-state index in [4.69, 9.17) is 12.2 Å².